The zero-order chi connectivity index (χ0) is 23.7. The number of rotatable bonds is 5. The van der Waals surface area contributed by atoms with Gasteiger partial charge in [-0.15, -0.1) is 0 Å². The summed E-state index contributed by atoms with van der Waals surface area (Å²) in [7, 11) is 0. The summed E-state index contributed by atoms with van der Waals surface area (Å²) in [6.07, 6.45) is 4.52. The van der Waals surface area contributed by atoms with Crippen LogP contribution in [0.25, 0.3) is 40.1 Å². The van der Waals surface area contributed by atoms with Crippen molar-refractivity contribution in [1.82, 2.24) is 9.97 Å². The van der Waals surface area contributed by atoms with E-state index in [1.54, 1.807) is 72.9 Å². The number of aromatic nitrogens is 2. The molecular weight excluding hydrogens is 497 g/mol. The Balaban J connectivity index is 1.32. The van der Waals surface area contributed by atoms with Gasteiger partial charge >= 0.3 is 0 Å². The minimum atomic E-state index is -0.392. The summed E-state index contributed by atoms with van der Waals surface area (Å²) in [5.41, 5.74) is 2.79. The molecule has 0 atom stereocenters. The molecule has 9 heteroatoms. The van der Waals surface area contributed by atoms with Crippen molar-refractivity contribution in [2.24, 2.45) is 0 Å². The average molecular weight is 511 g/mol. The number of fused-ring (bicyclic) bond motifs is 1. The Labute approximate surface area is 208 Å². The molecule has 5 rings (SSSR count). The van der Waals surface area contributed by atoms with Crippen LogP contribution in [0.4, 0.5) is 5.69 Å². The summed E-state index contributed by atoms with van der Waals surface area (Å²) < 4.78 is 11.5. The third-order valence-electron chi connectivity index (χ3n) is 4.86. The van der Waals surface area contributed by atoms with Crippen molar-refractivity contribution in [3.63, 3.8) is 0 Å². The van der Waals surface area contributed by atoms with Crippen molar-refractivity contribution < 1.29 is 13.6 Å². The number of carbonyl (C=O) groups excluding carboxylic acids is 1. The molecule has 2 aromatic carbocycles. The van der Waals surface area contributed by atoms with Crippen molar-refractivity contribution in [3.8, 4) is 22.8 Å². The van der Waals surface area contributed by atoms with Crippen LogP contribution in [0.15, 0.2) is 81.8 Å². The van der Waals surface area contributed by atoms with Gasteiger partial charge in [0.05, 0.1) is 15.7 Å². The van der Waals surface area contributed by atoms with Crippen LogP contribution in [0, 0.1) is 0 Å². The summed E-state index contributed by atoms with van der Waals surface area (Å²) >= 11 is 18.5. The summed E-state index contributed by atoms with van der Waals surface area (Å²) in [4.78, 5) is 21.1. The molecule has 0 aliphatic rings. The van der Waals surface area contributed by atoms with E-state index in [2.05, 4.69) is 15.3 Å². The van der Waals surface area contributed by atoms with E-state index in [0.717, 1.165) is 0 Å². The van der Waals surface area contributed by atoms with Crippen molar-refractivity contribution in [2.45, 2.75) is 0 Å². The van der Waals surface area contributed by atoms with Gasteiger partial charge in [-0.05, 0) is 66.7 Å². The quantitative estimate of drug-likeness (QED) is 0.244. The van der Waals surface area contributed by atoms with Gasteiger partial charge in [0.25, 0.3) is 0 Å². The maximum Gasteiger partial charge on any atom is 0.248 e. The number of amides is 1. The monoisotopic (exact) mass is 509 g/mol. The molecule has 168 valence electrons. The van der Waals surface area contributed by atoms with Crippen molar-refractivity contribution in [1.29, 1.82) is 0 Å². The Bertz CT molecular complexity index is 1520. The van der Waals surface area contributed by atoms with Crippen molar-refractivity contribution in [2.75, 3.05) is 5.32 Å². The first-order valence-electron chi connectivity index (χ1n) is 10.0. The molecule has 5 aromatic rings. The molecule has 0 saturated heterocycles. The van der Waals surface area contributed by atoms with E-state index in [4.69, 9.17) is 43.6 Å². The molecule has 3 aromatic heterocycles. The molecule has 0 fully saturated rings. The van der Waals surface area contributed by atoms with Crippen LogP contribution in [0.2, 0.25) is 15.1 Å². The summed E-state index contributed by atoms with van der Waals surface area (Å²) in [5.74, 6) is 0.993. The van der Waals surface area contributed by atoms with E-state index in [-0.39, 0.29) is 0 Å². The lowest BCUT2D eigenvalue weighted by Crippen LogP contribution is -2.08. The molecule has 6 nitrogen and oxygen atoms in total. The number of hydrogen-bond donors (Lipinski definition) is 1. The Morgan fingerprint density at radius 3 is 2.65 bits per heavy atom. The van der Waals surface area contributed by atoms with Gasteiger partial charge in [-0.3, -0.25) is 4.79 Å². The normalized spacial score (nSPS) is 11.4. The second-order valence-electron chi connectivity index (χ2n) is 7.19. The fourth-order valence-electron chi connectivity index (χ4n) is 3.25. The van der Waals surface area contributed by atoms with Gasteiger partial charge in [0.1, 0.15) is 11.5 Å². The number of hydrogen-bond acceptors (Lipinski definition) is 5. The molecule has 0 radical (unpaired) electrons. The molecule has 0 aliphatic carbocycles. The first-order chi connectivity index (χ1) is 16.5. The first kappa shape index (κ1) is 22.2. The molecular formula is C25H14Cl3N3O3. The van der Waals surface area contributed by atoms with Gasteiger partial charge in [-0.1, -0.05) is 34.8 Å². The predicted octanol–water partition coefficient (Wildman–Crippen LogP) is 7.76. The number of halogens is 3. The number of anilines is 1. The molecule has 34 heavy (non-hydrogen) atoms. The lowest BCUT2D eigenvalue weighted by Gasteiger charge is -2.06. The highest BCUT2D eigenvalue weighted by Crippen LogP contribution is 2.32. The maximum absolute atomic E-state index is 12.5. The number of nitrogens with one attached hydrogen (secondary N) is 1. The molecule has 1 N–H and O–H groups in total. The van der Waals surface area contributed by atoms with Crippen LogP contribution < -0.4 is 5.32 Å². The smallest absolute Gasteiger partial charge is 0.248 e. The topological polar surface area (TPSA) is 81.2 Å². The second-order valence-corrected chi connectivity index (χ2v) is 8.44. The zero-order valence-corrected chi connectivity index (χ0v) is 19.5. The average Bonchev–Trinajstić information content (AvgIpc) is 3.48. The molecule has 1 amide bonds. The van der Waals surface area contributed by atoms with Crippen LogP contribution in [0.1, 0.15) is 5.76 Å². The minimum Gasteiger partial charge on any atom is -0.457 e. The van der Waals surface area contributed by atoms with E-state index in [9.17, 15) is 4.79 Å². The van der Waals surface area contributed by atoms with Gasteiger partial charge in [-0.25, -0.2) is 4.98 Å². The Morgan fingerprint density at radius 2 is 1.79 bits per heavy atom. The lowest BCUT2D eigenvalue weighted by molar-refractivity contribution is -0.111. The number of benzene rings is 2. The summed E-state index contributed by atoms with van der Waals surface area (Å²) in [6, 6.07) is 17.2. The number of furan rings is 1. The third kappa shape index (κ3) is 4.70. The first-order valence-corrected chi connectivity index (χ1v) is 11.2. The lowest BCUT2D eigenvalue weighted by atomic mass is 10.2. The van der Waals surface area contributed by atoms with Gasteiger partial charge in [0, 0.05) is 28.4 Å². The van der Waals surface area contributed by atoms with Gasteiger partial charge in [-0.2, -0.15) is 4.98 Å². The standard InChI is InChI=1S/C25H14Cl3N3O3/c26-15-4-8-18(27)17(13-15)21-9-5-16(33-21)6-10-23(32)30-20-12-14(3-7-19(20)28)25-31-24-22(34-25)2-1-11-29-24/h1-13H,(H,30,32)/b10-6+. The predicted molar refractivity (Wildman–Crippen MR) is 134 cm³/mol. The minimum absolute atomic E-state index is 0.371. The van der Waals surface area contributed by atoms with Crippen LogP contribution in [-0.4, -0.2) is 15.9 Å². The molecule has 0 spiro atoms. The van der Waals surface area contributed by atoms with Gasteiger partial charge in [0.15, 0.2) is 11.2 Å². The summed E-state index contributed by atoms with van der Waals surface area (Å²) in [6.45, 7) is 0. The zero-order valence-electron chi connectivity index (χ0n) is 17.3. The van der Waals surface area contributed by atoms with Crippen LogP contribution in [-0.2, 0) is 4.79 Å². The highest BCUT2D eigenvalue weighted by Gasteiger charge is 2.13. The van der Waals surface area contributed by atoms with E-state index in [1.807, 2.05) is 0 Å². The number of nitrogens with zero attached hydrogens (tertiary/aromatic N) is 2. The second kappa shape index (κ2) is 9.35. The largest absolute Gasteiger partial charge is 0.457 e. The van der Waals surface area contributed by atoms with Gasteiger partial charge < -0.3 is 14.2 Å². The molecule has 0 aliphatic heterocycles. The van der Waals surface area contributed by atoms with Crippen LogP contribution in [0.5, 0.6) is 0 Å². The Morgan fingerprint density at radius 1 is 0.941 bits per heavy atom. The SMILES string of the molecule is O=C(/C=C/c1ccc(-c2cc(Cl)ccc2Cl)o1)Nc1cc(-c2nc3ncccc3o2)ccc1Cl. The number of pyridine rings is 1. The Hall–Kier alpha value is -3.58. The molecule has 0 saturated carbocycles. The van der Waals surface area contributed by atoms with Crippen LogP contribution in [0.3, 0.4) is 0 Å². The fraction of sp³-hybridized carbons (Fsp3) is 0. The summed E-state index contributed by atoms with van der Waals surface area (Å²) in [5, 5.41) is 4.18. The molecule has 0 unspecified atom stereocenters. The highest BCUT2D eigenvalue weighted by atomic mass is 35.5. The number of carbonyl (C=O) groups is 1. The van der Waals surface area contributed by atoms with E-state index in [0.29, 0.717) is 60.5 Å². The molecule has 0 bridgehead atoms. The maximum atomic E-state index is 12.5. The molecule has 3 heterocycles. The van der Waals surface area contributed by atoms with E-state index >= 15 is 0 Å². The Kier molecular flexibility index (Phi) is 6.11. The number of oxazole rings is 1. The van der Waals surface area contributed by atoms with Crippen LogP contribution >= 0.6 is 34.8 Å². The fourth-order valence-corrected chi connectivity index (χ4v) is 3.80. The highest BCUT2D eigenvalue weighted by molar-refractivity contribution is 6.35. The van der Waals surface area contributed by atoms with Crippen molar-refractivity contribution in [3.05, 3.63) is 93.8 Å². The van der Waals surface area contributed by atoms with Crippen molar-refractivity contribution >= 4 is 63.7 Å². The van der Waals surface area contributed by atoms with Gasteiger partial charge in [0.2, 0.25) is 11.8 Å². The van der Waals surface area contributed by atoms with E-state index in [1.165, 1.54) is 6.08 Å². The third-order valence-corrected chi connectivity index (χ3v) is 5.75. The van der Waals surface area contributed by atoms with E-state index < -0.39 is 5.91 Å².